The fourth-order valence-corrected chi connectivity index (χ4v) is 2.21. The number of para-hydroxylation sites is 1. The van der Waals surface area contributed by atoms with E-state index in [9.17, 15) is 0 Å². The van der Waals surface area contributed by atoms with E-state index < -0.39 is 0 Å². The normalized spacial score (nSPS) is 11.0. The molecule has 88 valence electrons. The summed E-state index contributed by atoms with van der Waals surface area (Å²) in [4.78, 5) is 2.52. The maximum atomic E-state index is 2.52. The highest BCUT2D eigenvalue weighted by Crippen LogP contribution is 2.26. The summed E-state index contributed by atoms with van der Waals surface area (Å²) in [5.41, 5.74) is 4.19. The Labute approximate surface area is 101 Å². The molecule has 0 radical (unpaired) electrons. The Kier molecular flexibility index (Phi) is 4.46. The molecule has 1 aromatic carbocycles. The third kappa shape index (κ3) is 3.04. The number of anilines is 1. The second-order valence-electron chi connectivity index (χ2n) is 5.38. The highest BCUT2D eigenvalue weighted by atomic mass is 15.1. The molecule has 16 heavy (non-hydrogen) atoms. The number of nitrogens with zero attached hydrogens (tertiary/aromatic N) is 1. The summed E-state index contributed by atoms with van der Waals surface area (Å²) in [6.45, 7) is 13.5. The Morgan fingerprint density at radius 2 is 1.50 bits per heavy atom. The van der Waals surface area contributed by atoms with E-state index in [-0.39, 0.29) is 0 Å². The Morgan fingerprint density at radius 3 is 1.88 bits per heavy atom. The molecule has 0 N–H and O–H groups in total. The van der Waals surface area contributed by atoms with Crippen LogP contribution in [0.2, 0.25) is 5.82 Å². The van der Waals surface area contributed by atoms with Gasteiger partial charge >= 0.3 is 0 Å². The van der Waals surface area contributed by atoms with Crippen molar-refractivity contribution < 1.29 is 0 Å². The van der Waals surface area contributed by atoms with E-state index in [0.29, 0.717) is 11.9 Å². The molecular formula is C14H24BN. The van der Waals surface area contributed by atoms with Gasteiger partial charge in [0.25, 0.3) is 0 Å². The Hall–Kier alpha value is -0.915. The van der Waals surface area contributed by atoms with E-state index >= 15 is 0 Å². The van der Waals surface area contributed by atoms with Gasteiger partial charge in [-0.25, -0.2) is 0 Å². The number of aryl methyl sites for hydroxylation is 2. The largest absolute Gasteiger partial charge is 0.415 e. The van der Waals surface area contributed by atoms with Gasteiger partial charge in [-0.2, -0.15) is 0 Å². The smallest absolute Gasteiger partial charge is 0.239 e. The lowest BCUT2D eigenvalue weighted by molar-refractivity contribution is 0.805. The van der Waals surface area contributed by atoms with Crippen LogP contribution in [-0.4, -0.2) is 13.5 Å². The predicted octanol–water partition coefficient (Wildman–Crippen LogP) is 3.70. The summed E-state index contributed by atoms with van der Waals surface area (Å²) in [5.74, 6) is 0.696. The molecule has 2 heteroatoms. The van der Waals surface area contributed by atoms with Crippen LogP contribution in [0.4, 0.5) is 5.69 Å². The lowest BCUT2D eigenvalue weighted by Gasteiger charge is -2.33. The van der Waals surface area contributed by atoms with E-state index in [4.69, 9.17) is 0 Å². The molecule has 0 bridgehead atoms. The van der Waals surface area contributed by atoms with Crippen LogP contribution in [-0.2, 0) is 0 Å². The fraction of sp³-hybridized carbons (Fsp3) is 0.571. The van der Waals surface area contributed by atoms with Crippen molar-refractivity contribution in [3.05, 3.63) is 29.3 Å². The van der Waals surface area contributed by atoms with Crippen LogP contribution in [0, 0.1) is 13.8 Å². The molecule has 1 nitrogen and oxygen atoms in total. The van der Waals surface area contributed by atoms with Crippen LogP contribution in [0.1, 0.15) is 38.8 Å². The van der Waals surface area contributed by atoms with Gasteiger partial charge in [-0.1, -0.05) is 37.9 Å². The quantitative estimate of drug-likeness (QED) is 0.695. The summed E-state index contributed by atoms with van der Waals surface area (Å²) in [5, 5.41) is 0. The first-order valence-electron chi connectivity index (χ1n) is 6.26. The molecule has 0 heterocycles. The highest BCUT2D eigenvalue weighted by Gasteiger charge is 2.17. The van der Waals surface area contributed by atoms with Crippen LogP contribution >= 0.6 is 0 Å². The van der Waals surface area contributed by atoms with Gasteiger partial charge in [-0.05, 0) is 38.8 Å². The molecular weight excluding hydrogens is 193 g/mol. The van der Waals surface area contributed by atoms with Crippen LogP contribution in [0.25, 0.3) is 0 Å². The van der Waals surface area contributed by atoms with Gasteiger partial charge < -0.3 is 4.81 Å². The van der Waals surface area contributed by atoms with Crippen molar-refractivity contribution >= 4 is 13.1 Å². The van der Waals surface area contributed by atoms with Gasteiger partial charge in [-0.3, -0.25) is 0 Å². The Morgan fingerprint density at radius 1 is 1.00 bits per heavy atom. The molecule has 0 aliphatic heterocycles. The minimum Gasteiger partial charge on any atom is -0.415 e. The van der Waals surface area contributed by atoms with Crippen molar-refractivity contribution in [3.8, 4) is 0 Å². The van der Waals surface area contributed by atoms with Crippen molar-refractivity contribution in [1.29, 1.82) is 0 Å². The van der Waals surface area contributed by atoms with Crippen LogP contribution < -0.4 is 4.81 Å². The van der Waals surface area contributed by atoms with E-state index in [0.717, 1.165) is 7.41 Å². The van der Waals surface area contributed by atoms with Crippen molar-refractivity contribution in [2.45, 2.75) is 53.4 Å². The molecule has 0 aliphatic rings. The van der Waals surface area contributed by atoms with Crippen LogP contribution in [0.3, 0.4) is 0 Å². The molecule has 0 aromatic heterocycles. The first kappa shape index (κ1) is 13.2. The molecule has 0 fully saturated rings. The van der Waals surface area contributed by atoms with Gasteiger partial charge in [0, 0.05) is 11.7 Å². The van der Waals surface area contributed by atoms with E-state index in [2.05, 4.69) is 64.6 Å². The third-order valence-electron chi connectivity index (χ3n) is 2.91. The number of benzene rings is 1. The molecule has 0 aliphatic carbocycles. The second-order valence-corrected chi connectivity index (χ2v) is 5.38. The minimum atomic E-state index is 0.558. The summed E-state index contributed by atoms with van der Waals surface area (Å²) in [7, 11) is 1.13. The van der Waals surface area contributed by atoms with Gasteiger partial charge in [-0.15, -0.1) is 0 Å². The van der Waals surface area contributed by atoms with Gasteiger partial charge in [0.1, 0.15) is 0 Å². The molecule has 0 saturated heterocycles. The van der Waals surface area contributed by atoms with Crippen molar-refractivity contribution in [2.24, 2.45) is 0 Å². The second kappa shape index (κ2) is 5.42. The zero-order chi connectivity index (χ0) is 12.3. The zero-order valence-electron chi connectivity index (χ0n) is 11.5. The van der Waals surface area contributed by atoms with Crippen LogP contribution in [0.15, 0.2) is 18.2 Å². The highest BCUT2D eigenvalue weighted by molar-refractivity contribution is 6.43. The third-order valence-corrected chi connectivity index (χ3v) is 2.91. The number of hydrogen-bond acceptors (Lipinski definition) is 1. The zero-order valence-corrected chi connectivity index (χ0v) is 11.5. The Balaban J connectivity index is 3.10. The van der Waals surface area contributed by atoms with Gasteiger partial charge in [0.05, 0.1) is 0 Å². The molecule has 0 unspecified atom stereocenters. The molecule has 0 amide bonds. The number of hydrogen-bond donors (Lipinski definition) is 0. The van der Waals surface area contributed by atoms with Gasteiger partial charge in [0.15, 0.2) is 0 Å². The standard InChI is InChI=1S/C14H24BN/c1-10(2)15-16(11(3)4)14-12(5)8-7-9-13(14)6/h7-11,15H,1-6H3. The molecule has 1 rings (SSSR count). The van der Waals surface area contributed by atoms with Crippen molar-refractivity contribution in [1.82, 2.24) is 0 Å². The molecule has 0 saturated carbocycles. The molecule has 0 atom stereocenters. The lowest BCUT2D eigenvalue weighted by Crippen LogP contribution is -2.36. The predicted molar refractivity (Wildman–Crippen MR) is 75.8 cm³/mol. The first-order chi connectivity index (χ1) is 7.43. The summed E-state index contributed by atoms with van der Waals surface area (Å²) < 4.78 is 0. The maximum Gasteiger partial charge on any atom is 0.239 e. The average Bonchev–Trinajstić information content (AvgIpc) is 2.15. The molecule has 1 aromatic rings. The van der Waals surface area contributed by atoms with Crippen molar-refractivity contribution in [3.63, 3.8) is 0 Å². The summed E-state index contributed by atoms with van der Waals surface area (Å²) in [6, 6.07) is 7.11. The van der Waals surface area contributed by atoms with Crippen molar-refractivity contribution in [2.75, 3.05) is 4.81 Å². The monoisotopic (exact) mass is 217 g/mol. The molecule has 0 spiro atoms. The van der Waals surface area contributed by atoms with Crippen LogP contribution in [0.5, 0.6) is 0 Å². The summed E-state index contributed by atoms with van der Waals surface area (Å²) in [6.07, 6.45) is 0. The number of rotatable bonds is 4. The maximum absolute atomic E-state index is 2.52. The SMILES string of the molecule is Cc1cccc(C)c1N(BC(C)C)C(C)C. The van der Waals surface area contributed by atoms with E-state index in [1.54, 1.807) is 0 Å². The topological polar surface area (TPSA) is 3.24 Å². The summed E-state index contributed by atoms with van der Waals surface area (Å²) >= 11 is 0. The average molecular weight is 217 g/mol. The lowest BCUT2D eigenvalue weighted by atomic mass is 9.74. The van der Waals surface area contributed by atoms with Gasteiger partial charge in [0.2, 0.25) is 7.41 Å². The fourth-order valence-electron chi connectivity index (χ4n) is 2.21. The first-order valence-corrected chi connectivity index (χ1v) is 6.26. The Bertz CT molecular complexity index is 324. The van der Waals surface area contributed by atoms with E-state index in [1.807, 2.05) is 0 Å². The van der Waals surface area contributed by atoms with E-state index in [1.165, 1.54) is 16.8 Å². The minimum absolute atomic E-state index is 0.558.